The highest BCUT2D eigenvalue weighted by molar-refractivity contribution is 5.79. The van der Waals surface area contributed by atoms with Gasteiger partial charge in [-0.2, -0.15) is 0 Å². The molecule has 0 radical (unpaired) electrons. The molecule has 1 saturated carbocycles. The maximum Gasteiger partial charge on any atom is 0.191 e. The maximum atomic E-state index is 5.70. The lowest BCUT2D eigenvalue weighted by molar-refractivity contribution is 0.0168. The summed E-state index contributed by atoms with van der Waals surface area (Å²) in [6, 6.07) is 0. The van der Waals surface area contributed by atoms with Gasteiger partial charge >= 0.3 is 0 Å². The molecule has 6 nitrogen and oxygen atoms in total. The summed E-state index contributed by atoms with van der Waals surface area (Å²) in [5, 5.41) is 6.75. The highest BCUT2D eigenvalue weighted by atomic mass is 16.5. The average molecular weight is 356 g/mol. The van der Waals surface area contributed by atoms with Crippen molar-refractivity contribution < 1.29 is 14.2 Å². The van der Waals surface area contributed by atoms with Crippen LogP contribution in [0.4, 0.5) is 0 Å². The van der Waals surface area contributed by atoms with Gasteiger partial charge in [-0.3, -0.25) is 4.99 Å². The molecule has 1 unspecified atom stereocenters. The number of nitrogens with zero attached hydrogens (tertiary/aromatic N) is 1. The fourth-order valence-corrected chi connectivity index (χ4v) is 3.06. The molecule has 2 aliphatic rings. The lowest BCUT2D eigenvalue weighted by atomic mass is 10.0. The van der Waals surface area contributed by atoms with Gasteiger partial charge in [0, 0.05) is 46.1 Å². The van der Waals surface area contributed by atoms with Crippen molar-refractivity contribution in [2.75, 3.05) is 52.7 Å². The quantitative estimate of drug-likeness (QED) is 0.302. The van der Waals surface area contributed by atoms with Gasteiger partial charge in [0.1, 0.15) is 0 Å². The Morgan fingerprint density at radius 3 is 2.76 bits per heavy atom. The van der Waals surface area contributed by atoms with E-state index < -0.39 is 0 Å². The summed E-state index contributed by atoms with van der Waals surface area (Å²) in [6.07, 6.45) is 7.29. The summed E-state index contributed by atoms with van der Waals surface area (Å²) in [7, 11) is 0. The number of ether oxygens (including phenoxy) is 3. The molecular formula is C19H37N3O3. The topological polar surface area (TPSA) is 64.1 Å². The highest BCUT2D eigenvalue weighted by Gasteiger charge is 2.41. The summed E-state index contributed by atoms with van der Waals surface area (Å²) in [6.45, 7) is 10.9. The van der Waals surface area contributed by atoms with E-state index in [-0.39, 0.29) is 0 Å². The largest absolute Gasteiger partial charge is 0.382 e. The van der Waals surface area contributed by atoms with Crippen LogP contribution in [0.1, 0.15) is 52.4 Å². The van der Waals surface area contributed by atoms with Crippen molar-refractivity contribution in [2.24, 2.45) is 10.4 Å². The molecule has 1 heterocycles. The number of hydrogen-bond donors (Lipinski definition) is 2. The molecule has 1 aliphatic heterocycles. The van der Waals surface area contributed by atoms with E-state index in [0.717, 1.165) is 77.9 Å². The molecule has 0 aromatic rings. The molecule has 6 heteroatoms. The molecule has 25 heavy (non-hydrogen) atoms. The molecular weight excluding hydrogens is 318 g/mol. The molecule has 146 valence electrons. The summed E-state index contributed by atoms with van der Waals surface area (Å²) >= 11 is 0. The Hall–Kier alpha value is -0.850. The van der Waals surface area contributed by atoms with Crippen molar-refractivity contribution in [2.45, 2.75) is 58.5 Å². The first-order valence-corrected chi connectivity index (χ1v) is 10.1. The Kier molecular flexibility index (Phi) is 9.58. The van der Waals surface area contributed by atoms with Crippen LogP contribution < -0.4 is 10.6 Å². The molecule has 0 aromatic heterocycles. The Labute approximate surface area is 153 Å². The van der Waals surface area contributed by atoms with Crippen LogP contribution in [-0.2, 0) is 14.2 Å². The zero-order valence-corrected chi connectivity index (χ0v) is 16.1. The molecule has 2 rings (SSSR count). The molecule has 1 atom stereocenters. The first-order valence-electron chi connectivity index (χ1n) is 10.1. The van der Waals surface area contributed by atoms with Gasteiger partial charge in [-0.1, -0.05) is 0 Å². The van der Waals surface area contributed by atoms with E-state index >= 15 is 0 Å². The van der Waals surface area contributed by atoms with Crippen LogP contribution >= 0.6 is 0 Å². The lowest BCUT2D eigenvalue weighted by Gasteiger charge is -2.15. The fourth-order valence-electron chi connectivity index (χ4n) is 3.06. The number of aliphatic imine (C=N–C) groups is 1. The highest BCUT2D eigenvalue weighted by Crippen LogP contribution is 2.48. The van der Waals surface area contributed by atoms with Crippen LogP contribution in [0.3, 0.4) is 0 Å². The number of nitrogens with one attached hydrogen (secondary N) is 2. The van der Waals surface area contributed by atoms with Crippen molar-refractivity contribution in [1.82, 2.24) is 10.6 Å². The third kappa shape index (κ3) is 8.38. The van der Waals surface area contributed by atoms with Crippen molar-refractivity contribution in [3.8, 4) is 0 Å². The van der Waals surface area contributed by atoms with E-state index in [1.165, 1.54) is 19.3 Å². The van der Waals surface area contributed by atoms with Gasteiger partial charge < -0.3 is 24.8 Å². The van der Waals surface area contributed by atoms with E-state index in [4.69, 9.17) is 19.2 Å². The summed E-state index contributed by atoms with van der Waals surface area (Å²) in [5.41, 5.74) is 0.391. The third-order valence-corrected chi connectivity index (χ3v) is 4.94. The van der Waals surface area contributed by atoms with E-state index in [1.807, 2.05) is 0 Å². The molecule has 2 N–H and O–H groups in total. The second-order valence-corrected chi connectivity index (χ2v) is 7.13. The van der Waals surface area contributed by atoms with Gasteiger partial charge in [0.05, 0.1) is 12.7 Å². The van der Waals surface area contributed by atoms with Crippen LogP contribution in [0.15, 0.2) is 4.99 Å². The fraction of sp³-hybridized carbons (Fsp3) is 0.947. The van der Waals surface area contributed by atoms with E-state index in [1.54, 1.807) is 0 Å². The molecule has 1 saturated heterocycles. The van der Waals surface area contributed by atoms with E-state index in [2.05, 4.69) is 24.5 Å². The lowest BCUT2D eigenvalue weighted by Crippen LogP contribution is -2.38. The average Bonchev–Trinajstić information content (AvgIpc) is 3.19. The zero-order valence-electron chi connectivity index (χ0n) is 16.1. The second kappa shape index (κ2) is 11.7. The SMILES string of the molecule is CCNC(=NCC1(CCOCC)CC1)NCCCOCC1CCCO1. The molecule has 0 amide bonds. The van der Waals surface area contributed by atoms with Crippen LogP contribution in [0, 0.1) is 5.41 Å². The minimum atomic E-state index is 0.318. The first-order chi connectivity index (χ1) is 12.3. The van der Waals surface area contributed by atoms with Gasteiger partial charge in [0.2, 0.25) is 0 Å². The molecule has 0 aromatic carbocycles. The van der Waals surface area contributed by atoms with E-state index in [9.17, 15) is 0 Å². The van der Waals surface area contributed by atoms with Crippen molar-refractivity contribution in [1.29, 1.82) is 0 Å². The predicted molar refractivity (Wildman–Crippen MR) is 101 cm³/mol. The van der Waals surface area contributed by atoms with Crippen molar-refractivity contribution >= 4 is 5.96 Å². The van der Waals surface area contributed by atoms with Gasteiger partial charge in [-0.15, -0.1) is 0 Å². The van der Waals surface area contributed by atoms with Gasteiger partial charge in [-0.25, -0.2) is 0 Å². The monoisotopic (exact) mass is 355 g/mol. The molecule has 2 fully saturated rings. The van der Waals surface area contributed by atoms with Crippen molar-refractivity contribution in [3.63, 3.8) is 0 Å². The Morgan fingerprint density at radius 1 is 1.20 bits per heavy atom. The predicted octanol–water partition coefficient (Wildman–Crippen LogP) is 2.33. The standard InChI is InChI=1S/C19H37N3O3/c1-3-20-18(22-16-19(8-9-19)10-14-23-4-2)21-11-6-12-24-15-17-7-5-13-25-17/h17H,3-16H2,1-2H3,(H2,20,21,22). The Morgan fingerprint density at radius 2 is 2.08 bits per heavy atom. The molecule has 1 aliphatic carbocycles. The number of guanidine groups is 1. The zero-order chi connectivity index (χ0) is 17.8. The van der Waals surface area contributed by atoms with Gasteiger partial charge in [-0.05, 0) is 57.8 Å². The minimum Gasteiger partial charge on any atom is -0.382 e. The van der Waals surface area contributed by atoms with Gasteiger partial charge in [0.25, 0.3) is 0 Å². The second-order valence-electron chi connectivity index (χ2n) is 7.13. The van der Waals surface area contributed by atoms with Gasteiger partial charge in [0.15, 0.2) is 5.96 Å². The maximum absolute atomic E-state index is 5.70. The number of hydrogen-bond acceptors (Lipinski definition) is 4. The summed E-state index contributed by atoms with van der Waals surface area (Å²) in [5.74, 6) is 0.921. The Bertz CT molecular complexity index is 380. The van der Waals surface area contributed by atoms with E-state index in [0.29, 0.717) is 11.5 Å². The van der Waals surface area contributed by atoms with Crippen LogP contribution in [0.5, 0.6) is 0 Å². The Balaban J connectivity index is 1.57. The summed E-state index contributed by atoms with van der Waals surface area (Å²) < 4.78 is 16.8. The first kappa shape index (κ1) is 20.5. The van der Waals surface area contributed by atoms with Crippen molar-refractivity contribution in [3.05, 3.63) is 0 Å². The molecule has 0 spiro atoms. The number of rotatable bonds is 13. The molecule has 0 bridgehead atoms. The summed E-state index contributed by atoms with van der Waals surface area (Å²) in [4.78, 5) is 4.79. The normalized spacial score (nSPS) is 22.2. The van der Waals surface area contributed by atoms with Crippen LogP contribution in [0.2, 0.25) is 0 Å². The third-order valence-electron chi connectivity index (χ3n) is 4.94. The van der Waals surface area contributed by atoms with Crippen LogP contribution in [-0.4, -0.2) is 64.7 Å². The smallest absolute Gasteiger partial charge is 0.191 e. The van der Waals surface area contributed by atoms with Crippen LogP contribution in [0.25, 0.3) is 0 Å². The minimum absolute atomic E-state index is 0.318.